The lowest BCUT2D eigenvalue weighted by Crippen LogP contribution is -2.13. The predicted octanol–water partition coefficient (Wildman–Crippen LogP) is 3.80. The van der Waals surface area contributed by atoms with Gasteiger partial charge in [-0.1, -0.05) is 13.3 Å². The summed E-state index contributed by atoms with van der Waals surface area (Å²) >= 11 is 0. The summed E-state index contributed by atoms with van der Waals surface area (Å²) in [5.74, 6) is 0.630. The summed E-state index contributed by atoms with van der Waals surface area (Å²) in [7, 11) is 0. The molecule has 0 N–H and O–H groups in total. The Morgan fingerprint density at radius 2 is 1.86 bits per heavy atom. The molecule has 0 rings (SSSR count). The van der Waals surface area contributed by atoms with Crippen molar-refractivity contribution < 1.29 is 0 Å². The number of hydrogen-bond acceptors (Lipinski definition) is 0. The number of rotatable bonds is 6. The lowest BCUT2D eigenvalue weighted by molar-refractivity contribution is 0.439. The van der Waals surface area contributed by atoms with Gasteiger partial charge in [0.1, 0.15) is 0 Å². The minimum atomic E-state index is -0.195. The summed E-state index contributed by atoms with van der Waals surface area (Å²) in [6.07, 6.45) is 4.23. The zero-order valence-corrected chi connectivity index (χ0v) is 9.51. The van der Waals surface area contributed by atoms with Crippen LogP contribution in [0.5, 0.6) is 0 Å². The fourth-order valence-electron chi connectivity index (χ4n) is 1.37. The average Bonchev–Trinajstić information content (AvgIpc) is 2.14. The van der Waals surface area contributed by atoms with Gasteiger partial charge >= 0.3 is 0 Å². The van der Waals surface area contributed by atoms with Gasteiger partial charge in [-0.15, -0.1) is 0 Å². The van der Waals surface area contributed by atoms with E-state index in [4.69, 9.17) is 13.1 Å². The maximum absolute atomic E-state index is 6.99. The van der Waals surface area contributed by atoms with Gasteiger partial charge in [-0.25, -0.2) is 13.1 Å². The molecule has 2 nitrogen and oxygen atoms in total. The molecule has 0 radical (unpaired) electrons. The summed E-state index contributed by atoms with van der Waals surface area (Å²) in [6, 6.07) is 0. The minimum Gasteiger partial charge on any atom is -0.317 e. The fourth-order valence-corrected chi connectivity index (χ4v) is 1.37. The molecule has 0 aromatic carbocycles. The van der Waals surface area contributed by atoms with E-state index in [1.54, 1.807) is 0 Å². The molecule has 2 heteroatoms. The Bertz CT molecular complexity index is 230. The zero-order valence-electron chi connectivity index (χ0n) is 9.51. The largest absolute Gasteiger partial charge is 0.317 e. The van der Waals surface area contributed by atoms with E-state index in [1.807, 2.05) is 13.8 Å². The Morgan fingerprint density at radius 1 is 1.21 bits per heavy atom. The normalized spacial score (nSPS) is 12.9. The lowest BCUT2D eigenvalue weighted by Gasteiger charge is -2.12. The van der Waals surface area contributed by atoms with Gasteiger partial charge in [-0.3, -0.25) is 0 Å². The average molecular weight is 192 g/mol. The molecule has 1 unspecified atom stereocenters. The number of nitrogens with zero attached hydrogens (tertiary/aromatic N) is 2. The molecule has 14 heavy (non-hydrogen) atoms. The van der Waals surface area contributed by atoms with E-state index >= 15 is 0 Å². The van der Waals surface area contributed by atoms with E-state index < -0.39 is 0 Å². The summed E-state index contributed by atoms with van der Waals surface area (Å²) in [5, 5.41) is 0. The molecule has 0 fully saturated rings. The molecule has 0 bridgehead atoms. The van der Waals surface area contributed by atoms with Crippen LogP contribution in [-0.2, 0) is 0 Å². The Morgan fingerprint density at radius 3 is 2.36 bits per heavy atom. The SMILES string of the molecule is [C-]#[N+]CCC(C)CCCC(C)(C)[N+]#[C-]. The van der Waals surface area contributed by atoms with Crippen LogP contribution >= 0.6 is 0 Å². The van der Waals surface area contributed by atoms with E-state index in [9.17, 15) is 0 Å². The topological polar surface area (TPSA) is 8.72 Å². The molecule has 0 amide bonds. The van der Waals surface area contributed by atoms with Crippen molar-refractivity contribution in [3.63, 3.8) is 0 Å². The molecule has 78 valence electrons. The molecule has 1 atom stereocenters. The van der Waals surface area contributed by atoms with Crippen molar-refractivity contribution in [3.05, 3.63) is 22.8 Å². The molecule has 0 aromatic heterocycles. The summed E-state index contributed by atoms with van der Waals surface area (Å²) in [5.41, 5.74) is -0.195. The van der Waals surface area contributed by atoms with Crippen LogP contribution in [0.1, 0.15) is 46.5 Å². The van der Waals surface area contributed by atoms with Crippen LogP contribution in [-0.4, -0.2) is 12.1 Å². The van der Waals surface area contributed by atoms with E-state index in [0.717, 1.165) is 25.7 Å². The van der Waals surface area contributed by atoms with Crippen LogP contribution in [0.2, 0.25) is 0 Å². The smallest absolute Gasteiger partial charge is 0.227 e. The quantitative estimate of drug-likeness (QED) is 0.566. The summed E-state index contributed by atoms with van der Waals surface area (Å²) in [4.78, 5) is 6.93. The van der Waals surface area contributed by atoms with Gasteiger partial charge in [-0.05, 0) is 12.3 Å². The van der Waals surface area contributed by atoms with Crippen LogP contribution in [0.25, 0.3) is 9.69 Å². The van der Waals surface area contributed by atoms with E-state index in [0.29, 0.717) is 12.5 Å². The van der Waals surface area contributed by atoms with E-state index in [2.05, 4.69) is 16.6 Å². The standard InChI is InChI=1S/C12H20N2/c1-11(8-10-13-4)7-6-9-12(2,3)14-5/h11H,6-10H2,1-3H3. The molecule has 0 saturated carbocycles. The van der Waals surface area contributed by atoms with Crippen LogP contribution in [0.15, 0.2) is 0 Å². The molecule has 0 aliphatic heterocycles. The summed E-state index contributed by atoms with van der Waals surface area (Å²) < 4.78 is 0. The zero-order chi connectivity index (χ0) is 11.0. The van der Waals surface area contributed by atoms with E-state index in [1.165, 1.54) is 0 Å². The first kappa shape index (κ1) is 13.0. The third-order valence-corrected chi connectivity index (χ3v) is 2.52. The molecule has 0 spiro atoms. The molecule has 0 aliphatic carbocycles. The van der Waals surface area contributed by atoms with Crippen molar-refractivity contribution >= 4 is 0 Å². The van der Waals surface area contributed by atoms with Crippen molar-refractivity contribution in [3.8, 4) is 0 Å². The highest BCUT2D eigenvalue weighted by molar-refractivity contribution is 4.89. The first-order valence-electron chi connectivity index (χ1n) is 5.23. The van der Waals surface area contributed by atoms with Gasteiger partial charge in [-0.2, -0.15) is 0 Å². The second-order valence-corrected chi connectivity index (χ2v) is 4.59. The maximum atomic E-state index is 6.99. The van der Waals surface area contributed by atoms with Gasteiger partial charge in [0.15, 0.2) is 0 Å². The minimum absolute atomic E-state index is 0.195. The van der Waals surface area contributed by atoms with Crippen molar-refractivity contribution in [2.75, 3.05) is 6.54 Å². The maximum Gasteiger partial charge on any atom is 0.227 e. The first-order valence-corrected chi connectivity index (χ1v) is 5.23. The Hall–Kier alpha value is -1.02. The van der Waals surface area contributed by atoms with Crippen molar-refractivity contribution in [1.82, 2.24) is 0 Å². The number of hydrogen-bond donors (Lipinski definition) is 0. The fraction of sp³-hybridized carbons (Fsp3) is 0.833. The van der Waals surface area contributed by atoms with Crippen LogP contribution < -0.4 is 0 Å². The summed E-state index contributed by atoms with van der Waals surface area (Å²) in [6.45, 7) is 20.5. The Kier molecular flexibility index (Phi) is 5.97. The highest BCUT2D eigenvalue weighted by atomic mass is 14.8. The van der Waals surface area contributed by atoms with Crippen LogP contribution in [0.3, 0.4) is 0 Å². The van der Waals surface area contributed by atoms with E-state index in [-0.39, 0.29) is 5.54 Å². The third kappa shape index (κ3) is 6.49. The van der Waals surface area contributed by atoms with Gasteiger partial charge in [0.25, 0.3) is 0 Å². The monoisotopic (exact) mass is 192 g/mol. The van der Waals surface area contributed by atoms with Gasteiger partial charge in [0.05, 0.1) is 0 Å². The lowest BCUT2D eigenvalue weighted by atomic mass is 9.93. The second kappa shape index (κ2) is 6.44. The highest BCUT2D eigenvalue weighted by Gasteiger charge is 2.21. The van der Waals surface area contributed by atoms with Crippen LogP contribution in [0.4, 0.5) is 0 Å². The third-order valence-electron chi connectivity index (χ3n) is 2.52. The molecule has 0 aliphatic rings. The van der Waals surface area contributed by atoms with Crippen LogP contribution in [0, 0.1) is 19.1 Å². The Balaban J connectivity index is 3.56. The Labute approximate surface area is 88.0 Å². The first-order chi connectivity index (χ1) is 6.52. The molecule has 0 aromatic rings. The van der Waals surface area contributed by atoms with Gasteiger partial charge < -0.3 is 9.69 Å². The highest BCUT2D eigenvalue weighted by Crippen LogP contribution is 2.20. The molecule has 0 saturated heterocycles. The van der Waals surface area contributed by atoms with Gasteiger partial charge in [0, 0.05) is 26.7 Å². The van der Waals surface area contributed by atoms with Crippen molar-refractivity contribution in [2.24, 2.45) is 5.92 Å². The molecular formula is C12H20N2. The van der Waals surface area contributed by atoms with Gasteiger partial charge in [0.2, 0.25) is 12.1 Å². The molecule has 0 heterocycles. The van der Waals surface area contributed by atoms with Crippen molar-refractivity contribution in [1.29, 1.82) is 0 Å². The van der Waals surface area contributed by atoms with Crippen molar-refractivity contribution in [2.45, 2.75) is 52.0 Å². The second-order valence-electron chi connectivity index (χ2n) is 4.59. The molecular weight excluding hydrogens is 172 g/mol. The predicted molar refractivity (Wildman–Crippen MR) is 59.8 cm³/mol.